The van der Waals surface area contributed by atoms with Crippen molar-refractivity contribution < 1.29 is 23.8 Å². The molecule has 0 aromatic heterocycles. The fourth-order valence-corrected chi connectivity index (χ4v) is 2.20. The third-order valence-corrected chi connectivity index (χ3v) is 3.51. The number of ether oxygens (including phenoxy) is 3. The predicted molar refractivity (Wildman–Crippen MR) is 106 cm³/mol. The van der Waals surface area contributed by atoms with Gasteiger partial charge in [0.2, 0.25) is 0 Å². The zero-order chi connectivity index (χ0) is 20.4. The standard InChI is InChI=1S/C20H21ClN2O5/c1-14(2)28-20(25)13-26-16-9-7-15(8-10-16)11-22-23-19(24)12-27-18-6-4-3-5-17(18)21/h3-11,14H,12-13H2,1-2H3,(H,23,24)/b22-11+. The molecule has 0 fully saturated rings. The summed E-state index contributed by atoms with van der Waals surface area (Å²) >= 11 is 5.94. The number of benzene rings is 2. The molecular weight excluding hydrogens is 384 g/mol. The Morgan fingerprint density at radius 3 is 2.46 bits per heavy atom. The van der Waals surface area contributed by atoms with Crippen LogP contribution in [0.15, 0.2) is 53.6 Å². The van der Waals surface area contributed by atoms with Gasteiger partial charge in [-0.25, -0.2) is 10.2 Å². The number of carbonyl (C=O) groups excluding carboxylic acids is 2. The average molecular weight is 405 g/mol. The molecule has 8 heteroatoms. The molecule has 0 aliphatic rings. The summed E-state index contributed by atoms with van der Waals surface area (Å²) in [6.45, 7) is 3.18. The van der Waals surface area contributed by atoms with Gasteiger partial charge in [0.15, 0.2) is 13.2 Å². The van der Waals surface area contributed by atoms with Crippen molar-refractivity contribution in [3.8, 4) is 11.5 Å². The Morgan fingerprint density at radius 2 is 1.79 bits per heavy atom. The summed E-state index contributed by atoms with van der Waals surface area (Å²) in [6.07, 6.45) is 1.30. The van der Waals surface area contributed by atoms with E-state index in [2.05, 4.69) is 10.5 Å². The molecule has 2 aromatic rings. The second kappa shape index (κ2) is 10.9. The number of hydrazone groups is 1. The predicted octanol–water partition coefficient (Wildman–Crippen LogP) is 3.20. The van der Waals surface area contributed by atoms with E-state index in [1.54, 1.807) is 62.4 Å². The molecule has 0 unspecified atom stereocenters. The average Bonchev–Trinajstić information content (AvgIpc) is 2.66. The van der Waals surface area contributed by atoms with Crippen molar-refractivity contribution in [2.45, 2.75) is 20.0 Å². The van der Waals surface area contributed by atoms with Gasteiger partial charge in [-0.3, -0.25) is 4.79 Å². The van der Waals surface area contributed by atoms with Crippen molar-refractivity contribution in [3.63, 3.8) is 0 Å². The van der Waals surface area contributed by atoms with Crippen LogP contribution in [0.3, 0.4) is 0 Å². The van der Waals surface area contributed by atoms with E-state index in [1.807, 2.05) is 0 Å². The number of nitrogens with zero attached hydrogens (tertiary/aromatic N) is 1. The van der Waals surface area contributed by atoms with Crippen LogP contribution in [0.1, 0.15) is 19.4 Å². The highest BCUT2D eigenvalue weighted by atomic mass is 35.5. The molecule has 1 amide bonds. The number of carbonyl (C=O) groups is 2. The summed E-state index contributed by atoms with van der Waals surface area (Å²) in [5.74, 6) is 0.105. The van der Waals surface area contributed by atoms with Crippen LogP contribution >= 0.6 is 11.6 Å². The van der Waals surface area contributed by atoms with Crippen LogP contribution in [-0.2, 0) is 14.3 Å². The van der Waals surface area contributed by atoms with Crippen LogP contribution in [0.25, 0.3) is 0 Å². The number of hydrogen-bond donors (Lipinski definition) is 1. The van der Waals surface area contributed by atoms with Gasteiger partial charge in [0.25, 0.3) is 5.91 Å². The van der Waals surface area contributed by atoms with E-state index >= 15 is 0 Å². The van der Waals surface area contributed by atoms with Gasteiger partial charge in [-0.1, -0.05) is 23.7 Å². The van der Waals surface area contributed by atoms with Crippen molar-refractivity contribution in [2.24, 2.45) is 5.10 Å². The topological polar surface area (TPSA) is 86.2 Å². The summed E-state index contributed by atoms with van der Waals surface area (Å²) < 4.78 is 15.6. The fourth-order valence-electron chi connectivity index (χ4n) is 2.01. The van der Waals surface area contributed by atoms with Crippen LogP contribution in [0, 0.1) is 0 Å². The van der Waals surface area contributed by atoms with Crippen molar-refractivity contribution in [1.82, 2.24) is 5.43 Å². The van der Waals surface area contributed by atoms with E-state index in [9.17, 15) is 9.59 Å². The van der Waals surface area contributed by atoms with Gasteiger partial charge in [-0.05, 0) is 55.8 Å². The van der Waals surface area contributed by atoms with E-state index in [0.717, 1.165) is 5.56 Å². The molecule has 7 nitrogen and oxygen atoms in total. The maximum Gasteiger partial charge on any atom is 0.344 e. The molecule has 2 rings (SSSR count). The minimum Gasteiger partial charge on any atom is -0.482 e. The Balaban J connectivity index is 1.74. The first-order valence-corrected chi connectivity index (χ1v) is 8.93. The molecule has 0 saturated carbocycles. The highest BCUT2D eigenvalue weighted by Crippen LogP contribution is 2.22. The first kappa shape index (κ1) is 21.2. The Bertz CT molecular complexity index is 822. The molecule has 148 valence electrons. The van der Waals surface area contributed by atoms with Gasteiger partial charge < -0.3 is 14.2 Å². The number of amides is 1. The van der Waals surface area contributed by atoms with Gasteiger partial charge in [-0.2, -0.15) is 5.10 Å². The maximum atomic E-state index is 11.7. The van der Waals surface area contributed by atoms with E-state index in [4.69, 9.17) is 25.8 Å². The quantitative estimate of drug-likeness (QED) is 0.394. The van der Waals surface area contributed by atoms with Crippen molar-refractivity contribution >= 4 is 29.7 Å². The Kier molecular flexibility index (Phi) is 8.30. The zero-order valence-electron chi connectivity index (χ0n) is 15.6. The van der Waals surface area contributed by atoms with Crippen LogP contribution in [0.5, 0.6) is 11.5 Å². The maximum absolute atomic E-state index is 11.7. The van der Waals surface area contributed by atoms with Crippen molar-refractivity contribution in [2.75, 3.05) is 13.2 Å². The highest BCUT2D eigenvalue weighted by Gasteiger charge is 2.06. The van der Waals surface area contributed by atoms with Crippen LogP contribution in [0.2, 0.25) is 5.02 Å². The number of para-hydroxylation sites is 1. The molecule has 0 bridgehead atoms. The molecule has 2 aromatic carbocycles. The third kappa shape index (κ3) is 7.67. The molecule has 0 spiro atoms. The van der Waals surface area contributed by atoms with Gasteiger partial charge >= 0.3 is 5.97 Å². The number of hydrogen-bond acceptors (Lipinski definition) is 6. The second-order valence-corrected chi connectivity index (χ2v) is 6.32. The number of halogens is 1. The van der Waals surface area contributed by atoms with Crippen molar-refractivity contribution in [1.29, 1.82) is 0 Å². The summed E-state index contributed by atoms with van der Waals surface area (Å²) in [7, 11) is 0. The largest absolute Gasteiger partial charge is 0.482 e. The lowest BCUT2D eigenvalue weighted by Gasteiger charge is -2.09. The summed E-state index contributed by atoms with van der Waals surface area (Å²) in [5, 5.41) is 4.29. The Morgan fingerprint density at radius 1 is 1.07 bits per heavy atom. The first-order chi connectivity index (χ1) is 13.4. The lowest BCUT2D eigenvalue weighted by atomic mass is 10.2. The van der Waals surface area contributed by atoms with E-state index in [-0.39, 0.29) is 19.3 Å². The summed E-state index contributed by atoms with van der Waals surface area (Å²) in [6, 6.07) is 13.7. The Hall–Kier alpha value is -3.06. The van der Waals surface area contributed by atoms with Gasteiger partial charge in [-0.15, -0.1) is 0 Å². The van der Waals surface area contributed by atoms with Crippen LogP contribution in [-0.4, -0.2) is 37.4 Å². The summed E-state index contributed by atoms with van der Waals surface area (Å²) in [4.78, 5) is 23.2. The highest BCUT2D eigenvalue weighted by molar-refractivity contribution is 6.32. The zero-order valence-corrected chi connectivity index (χ0v) is 16.3. The van der Waals surface area contributed by atoms with Crippen molar-refractivity contribution in [3.05, 3.63) is 59.1 Å². The molecule has 0 saturated heterocycles. The van der Waals surface area contributed by atoms with E-state index < -0.39 is 11.9 Å². The molecular formula is C20H21ClN2O5. The molecule has 0 atom stereocenters. The lowest BCUT2D eigenvalue weighted by molar-refractivity contribution is -0.149. The molecule has 0 aliphatic heterocycles. The van der Waals surface area contributed by atoms with Crippen LogP contribution in [0.4, 0.5) is 0 Å². The van der Waals surface area contributed by atoms with E-state index in [1.165, 1.54) is 6.21 Å². The minimum absolute atomic E-state index is 0.160. The fraction of sp³-hybridized carbons (Fsp3) is 0.250. The molecule has 0 heterocycles. The first-order valence-electron chi connectivity index (χ1n) is 8.55. The molecule has 0 aliphatic carbocycles. The minimum atomic E-state index is -0.428. The van der Waals surface area contributed by atoms with Crippen LogP contribution < -0.4 is 14.9 Å². The molecule has 1 N–H and O–H groups in total. The third-order valence-electron chi connectivity index (χ3n) is 3.20. The molecule has 28 heavy (non-hydrogen) atoms. The summed E-state index contributed by atoms with van der Waals surface area (Å²) in [5.41, 5.74) is 3.10. The SMILES string of the molecule is CC(C)OC(=O)COc1ccc(/C=N/NC(=O)COc2ccccc2Cl)cc1. The van der Waals surface area contributed by atoms with E-state index in [0.29, 0.717) is 16.5 Å². The second-order valence-electron chi connectivity index (χ2n) is 5.91. The monoisotopic (exact) mass is 404 g/mol. The lowest BCUT2D eigenvalue weighted by Crippen LogP contribution is -2.24. The normalized spacial score (nSPS) is 10.7. The smallest absolute Gasteiger partial charge is 0.344 e. The van der Waals surface area contributed by atoms with Gasteiger partial charge in [0.05, 0.1) is 17.3 Å². The number of esters is 1. The van der Waals surface area contributed by atoms with Gasteiger partial charge in [0, 0.05) is 0 Å². The number of nitrogens with one attached hydrogen (secondary N) is 1. The van der Waals surface area contributed by atoms with Gasteiger partial charge in [0.1, 0.15) is 11.5 Å². The molecule has 0 radical (unpaired) electrons. The number of rotatable bonds is 9. The Labute approximate surface area is 168 Å².